The van der Waals surface area contributed by atoms with Crippen molar-refractivity contribution in [2.45, 2.75) is 13.3 Å². The molecule has 1 saturated heterocycles. The van der Waals surface area contributed by atoms with Gasteiger partial charge in [-0.25, -0.2) is 4.98 Å². The van der Waals surface area contributed by atoms with Gasteiger partial charge < -0.3 is 24.4 Å². The number of anilines is 3. The molecule has 0 unspecified atom stereocenters. The Balaban J connectivity index is 1.38. The van der Waals surface area contributed by atoms with Crippen molar-refractivity contribution in [3.63, 3.8) is 0 Å². The second kappa shape index (κ2) is 9.34. The molecule has 1 N–H and O–H groups in total. The van der Waals surface area contributed by atoms with E-state index in [0.717, 1.165) is 23.2 Å². The van der Waals surface area contributed by atoms with Crippen LogP contribution in [0.2, 0.25) is 0 Å². The molecule has 9 nitrogen and oxygen atoms in total. The number of carbonyl (C=O) groups is 2. The first-order valence-corrected chi connectivity index (χ1v) is 11.6. The summed E-state index contributed by atoms with van der Waals surface area (Å²) in [5.41, 5.74) is 4.53. The van der Waals surface area contributed by atoms with Crippen LogP contribution in [0.15, 0.2) is 53.5 Å². The minimum Gasteiger partial charge on any atom is -0.378 e. The minimum absolute atomic E-state index is 0.0286. The number of hydrogen-bond donors (Lipinski definition) is 1. The molecule has 0 radical (unpaired) electrons. The largest absolute Gasteiger partial charge is 0.378 e. The van der Waals surface area contributed by atoms with Gasteiger partial charge in [-0.05, 0) is 48.4 Å². The summed E-state index contributed by atoms with van der Waals surface area (Å²) in [5, 5.41) is 3.10. The van der Waals surface area contributed by atoms with Gasteiger partial charge in [0.1, 0.15) is 0 Å². The zero-order valence-corrected chi connectivity index (χ0v) is 19.8. The van der Waals surface area contributed by atoms with Crippen LogP contribution in [0.3, 0.4) is 0 Å². The molecule has 35 heavy (non-hydrogen) atoms. The Morgan fingerprint density at radius 3 is 2.49 bits per heavy atom. The molecule has 2 amide bonds. The summed E-state index contributed by atoms with van der Waals surface area (Å²) in [7, 11) is 1.69. The topological polar surface area (TPSA) is 96.8 Å². The van der Waals surface area contributed by atoms with E-state index in [0.29, 0.717) is 49.8 Å². The maximum Gasteiger partial charge on any atom is 0.293 e. The molecule has 0 saturated carbocycles. The number of ether oxygens (including phenoxy) is 1. The van der Waals surface area contributed by atoms with Crippen molar-refractivity contribution in [1.29, 1.82) is 0 Å². The van der Waals surface area contributed by atoms with E-state index in [2.05, 4.69) is 10.3 Å². The number of morpholine rings is 1. The van der Waals surface area contributed by atoms with E-state index in [1.165, 1.54) is 4.57 Å². The average molecular weight is 474 g/mol. The van der Waals surface area contributed by atoms with Crippen molar-refractivity contribution in [1.82, 2.24) is 14.5 Å². The van der Waals surface area contributed by atoms with Gasteiger partial charge in [-0.3, -0.25) is 14.4 Å². The molecule has 9 heteroatoms. The lowest BCUT2D eigenvalue weighted by Crippen LogP contribution is -2.40. The Hall–Kier alpha value is -3.98. The van der Waals surface area contributed by atoms with Crippen molar-refractivity contribution in [3.8, 4) is 11.3 Å². The summed E-state index contributed by atoms with van der Waals surface area (Å²) in [6.45, 7) is 4.51. The number of hydrogen-bond acceptors (Lipinski definition) is 6. The molecule has 0 bridgehead atoms. The highest BCUT2D eigenvalue weighted by atomic mass is 16.5. The van der Waals surface area contributed by atoms with Crippen molar-refractivity contribution in [2.24, 2.45) is 7.05 Å². The van der Waals surface area contributed by atoms with E-state index in [-0.39, 0.29) is 23.2 Å². The number of nitrogens with zero attached hydrogens (tertiary/aromatic N) is 4. The van der Waals surface area contributed by atoms with Crippen LogP contribution in [0.5, 0.6) is 0 Å². The number of fused-ring (bicyclic) bond motifs is 1. The van der Waals surface area contributed by atoms with E-state index in [1.54, 1.807) is 54.2 Å². The van der Waals surface area contributed by atoms with Crippen LogP contribution < -0.4 is 15.8 Å². The highest BCUT2D eigenvalue weighted by Crippen LogP contribution is 2.32. The second-order valence-electron chi connectivity index (χ2n) is 8.76. The van der Waals surface area contributed by atoms with Gasteiger partial charge in [0, 0.05) is 62.3 Å². The molecule has 2 aromatic carbocycles. The normalized spacial score (nSPS) is 15.1. The zero-order chi connectivity index (χ0) is 24.5. The monoisotopic (exact) mass is 473 g/mol. The van der Waals surface area contributed by atoms with Gasteiger partial charge in [0.25, 0.3) is 11.5 Å². The number of aromatic nitrogens is 2. The summed E-state index contributed by atoms with van der Waals surface area (Å²) in [4.78, 5) is 45.4. The molecule has 180 valence electrons. The fourth-order valence-corrected chi connectivity index (χ4v) is 4.50. The van der Waals surface area contributed by atoms with Gasteiger partial charge >= 0.3 is 0 Å². The Kier molecular flexibility index (Phi) is 6.08. The third-order valence-corrected chi connectivity index (χ3v) is 6.41. The van der Waals surface area contributed by atoms with Crippen molar-refractivity contribution in [2.75, 3.05) is 43.1 Å². The predicted molar refractivity (Wildman–Crippen MR) is 133 cm³/mol. The minimum atomic E-state index is -0.258. The molecule has 0 atom stereocenters. The Morgan fingerprint density at radius 2 is 1.77 bits per heavy atom. The molecular weight excluding hydrogens is 446 g/mol. The molecule has 1 fully saturated rings. The number of carbonyl (C=O) groups excluding carboxylic acids is 2. The molecule has 3 aromatic rings. The molecule has 1 aromatic heterocycles. The van der Waals surface area contributed by atoms with Crippen LogP contribution in [-0.2, 0) is 23.0 Å². The maximum atomic E-state index is 12.8. The smallest absolute Gasteiger partial charge is 0.293 e. The summed E-state index contributed by atoms with van der Waals surface area (Å²) in [6.07, 6.45) is 2.49. The summed E-state index contributed by atoms with van der Waals surface area (Å²) >= 11 is 0. The van der Waals surface area contributed by atoms with Crippen LogP contribution in [-0.4, -0.2) is 59.1 Å². The fourth-order valence-electron chi connectivity index (χ4n) is 4.50. The van der Waals surface area contributed by atoms with Crippen LogP contribution in [0, 0.1) is 0 Å². The van der Waals surface area contributed by atoms with Crippen molar-refractivity contribution < 1.29 is 14.3 Å². The summed E-state index contributed by atoms with van der Waals surface area (Å²) < 4.78 is 6.81. The van der Waals surface area contributed by atoms with Crippen molar-refractivity contribution in [3.05, 3.63) is 70.1 Å². The predicted octanol–water partition coefficient (Wildman–Crippen LogP) is 2.57. The average Bonchev–Trinajstić information content (AvgIpc) is 3.31. The quantitative estimate of drug-likeness (QED) is 0.626. The van der Waals surface area contributed by atoms with E-state index >= 15 is 0 Å². The first kappa shape index (κ1) is 22.8. The van der Waals surface area contributed by atoms with Crippen LogP contribution in [0.1, 0.15) is 22.8 Å². The highest BCUT2D eigenvalue weighted by Gasteiger charge is 2.23. The Morgan fingerprint density at radius 1 is 1.03 bits per heavy atom. The zero-order valence-electron chi connectivity index (χ0n) is 19.8. The summed E-state index contributed by atoms with van der Waals surface area (Å²) in [5.74, 6) is 0.194. The van der Waals surface area contributed by atoms with Gasteiger partial charge in [0.2, 0.25) is 5.91 Å². The van der Waals surface area contributed by atoms with Crippen LogP contribution >= 0.6 is 0 Å². The third kappa shape index (κ3) is 4.54. The third-order valence-electron chi connectivity index (χ3n) is 6.41. The first-order valence-electron chi connectivity index (χ1n) is 11.6. The summed E-state index contributed by atoms with van der Waals surface area (Å²) in [6, 6.07) is 12.9. The van der Waals surface area contributed by atoms with E-state index in [9.17, 15) is 14.4 Å². The van der Waals surface area contributed by atoms with Crippen LogP contribution in [0.25, 0.3) is 11.3 Å². The molecule has 5 rings (SSSR count). The Labute approximate surface area is 203 Å². The van der Waals surface area contributed by atoms with Crippen LogP contribution in [0.4, 0.5) is 17.2 Å². The number of amides is 2. The Bertz CT molecular complexity index is 1340. The first-order chi connectivity index (χ1) is 16.9. The van der Waals surface area contributed by atoms with E-state index in [1.807, 2.05) is 18.2 Å². The molecule has 0 aliphatic carbocycles. The lowest BCUT2D eigenvalue weighted by atomic mass is 10.1. The highest BCUT2D eigenvalue weighted by molar-refractivity contribution is 5.95. The van der Waals surface area contributed by atoms with E-state index in [4.69, 9.17) is 4.74 Å². The molecule has 3 heterocycles. The number of nitrogens with one attached hydrogen (secondary N) is 1. The number of benzene rings is 2. The van der Waals surface area contributed by atoms with Gasteiger partial charge in [-0.2, -0.15) is 0 Å². The fraction of sp³-hybridized carbons (Fsp3) is 0.308. The molecule has 0 spiro atoms. The van der Waals surface area contributed by atoms with E-state index < -0.39 is 0 Å². The molecular formula is C26H27N5O4. The molecule has 2 aliphatic heterocycles. The van der Waals surface area contributed by atoms with Gasteiger partial charge in [0.05, 0.1) is 18.9 Å². The van der Waals surface area contributed by atoms with Gasteiger partial charge in [0.15, 0.2) is 5.82 Å². The second-order valence-corrected chi connectivity index (χ2v) is 8.76. The molecule has 2 aliphatic rings. The SMILES string of the molecule is CC(=O)N1CCc2cc(-c3cn(C)c(=O)c(Nc4ccc(C(=O)N5CCOCC5)cc4)n3)ccc21. The standard InChI is InChI=1S/C26H27N5O4/c1-17(32)31-10-9-20-15-19(5-8-23(20)31)22-16-29(2)26(34)24(28-22)27-21-6-3-18(4-7-21)25(33)30-11-13-35-14-12-30/h3-8,15-16H,9-14H2,1-2H3,(H,27,28). The van der Waals surface area contributed by atoms with Gasteiger partial charge in [-0.1, -0.05) is 6.07 Å². The maximum absolute atomic E-state index is 12.8. The van der Waals surface area contributed by atoms with Crippen molar-refractivity contribution >= 4 is 29.0 Å². The lowest BCUT2D eigenvalue weighted by molar-refractivity contribution is -0.116. The lowest BCUT2D eigenvalue weighted by Gasteiger charge is -2.26. The number of aryl methyl sites for hydroxylation is 1. The van der Waals surface area contributed by atoms with Gasteiger partial charge in [-0.15, -0.1) is 0 Å². The number of rotatable bonds is 4.